The number of hydrogen-bond acceptors (Lipinski definition) is 2. The zero-order chi connectivity index (χ0) is 21.2. The van der Waals surface area contributed by atoms with Crippen molar-refractivity contribution in [2.75, 3.05) is 6.54 Å². The van der Waals surface area contributed by atoms with Crippen molar-refractivity contribution >= 4 is 27.7 Å². The van der Waals surface area contributed by atoms with E-state index in [2.05, 4.69) is 35.1 Å². The first-order valence-electron chi connectivity index (χ1n) is 10.3. The number of carbonyl (C=O) groups is 2. The minimum atomic E-state index is -0.543. The molecule has 0 radical (unpaired) electrons. The van der Waals surface area contributed by atoms with Crippen LogP contribution in [0.3, 0.4) is 0 Å². The van der Waals surface area contributed by atoms with Gasteiger partial charge in [0.25, 0.3) is 0 Å². The third kappa shape index (κ3) is 7.65. The third-order valence-electron chi connectivity index (χ3n) is 4.69. The van der Waals surface area contributed by atoms with Crippen molar-refractivity contribution in [3.8, 4) is 0 Å². The van der Waals surface area contributed by atoms with Crippen LogP contribution in [0.25, 0.3) is 0 Å². The Morgan fingerprint density at radius 1 is 1.00 bits per heavy atom. The second-order valence-corrected chi connectivity index (χ2v) is 8.66. The Kier molecular flexibility index (Phi) is 9.39. The lowest BCUT2D eigenvalue weighted by Gasteiger charge is -2.32. The number of nitrogens with one attached hydrogen (secondary N) is 1. The van der Waals surface area contributed by atoms with E-state index in [4.69, 9.17) is 0 Å². The van der Waals surface area contributed by atoms with Crippen LogP contribution in [0.2, 0.25) is 0 Å². The SMILES string of the molecule is CCCC(=O)N(Cc1ccc(Br)cc1)[C@@H](Cc1ccccc1)C(=O)NCC(C)C. The Labute approximate surface area is 182 Å². The monoisotopic (exact) mass is 458 g/mol. The summed E-state index contributed by atoms with van der Waals surface area (Å²) in [6, 6.07) is 17.2. The molecule has 2 aromatic carbocycles. The Hall–Kier alpha value is -2.14. The second kappa shape index (κ2) is 11.8. The van der Waals surface area contributed by atoms with E-state index in [0.29, 0.717) is 31.8 Å². The van der Waals surface area contributed by atoms with E-state index < -0.39 is 6.04 Å². The summed E-state index contributed by atoms with van der Waals surface area (Å²) in [6.45, 7) is 7.13. The predicted octanol–water partition coefficient (Wildman–Crippen LogP) is 4.96. The smallest absolute Gasteiger partial charge is 0.243 e. The zero-order valence-electron chi connectivity index (χ0n) is 17.5. The molecule has 0 saturated heterocycles. The summed E-state index contributed by atoms with van der Waals surface area (Å²) in [5.74, 6) is 0.266. The van der Waals surface area contributed by atoms with Crippen molar-refractivity contribution in [1.82, 2.24) is 10.2 Å². The van der Waals surface area contributed by atoms with Crippen molar-refractivity contribution in [1.29, 1.82) is 0 Å². The molecule has 0 aromatic heterocycles. The molecule has 0 bridgehead atoms. The lowest BCUT2D eigenvalue weighted by molar-refractivity contribution is -0.141. The maximum absolute atomic E-state index is 13.1. The van der Waals surface area contributed by atoms with Gasteiger partial charge in [0.1, 0.15) is 6.04 Å². The highest BCUT2D eigenvalue weighted by Crippen LogP contribution is 2.18. The van der Waals surface area contributed by atoms with Crippen LogP contribution in [0, 0.1) is 5.92 Å². The maximum atomic E-state index is 13.1. The summed E-state index contributed by atoms with van der Waals surface area (Å²) in [5, 5.41) is 3.03. The van der Waals surface area contributed by atoms with Gasteiger partial charge in [-0.05, 0) is 35.6 Å². The van der Waals surface area contributed by atoms with Crippen LogP contribution >= 0.6 is 15.9 Å². The normalized spacial score (nSPS) is 11.9. The fourth-order valence-electron chi connectivity index (χ4n) is 3.12. The van der Waals surface area contributed by atoms with Crippen molar-refractivity contribution in [3.63, 3.8) is 0 Å². The van der Waals surface area contributed by atoms with Crippen LogP contribution in [0.1, 0.15) is 44.7 Å². The molecule has 1 atom stereocenters. The zero-order valence-corrected chi connectivity index (χ0v) is 19.1. The molecule has 2 amide bonds. The van der Waals surface area contributed by atoms with Gasteiger partial charge in [-0.1, -0.05) is 79.2 Å². The highest BCUT2D eigenvalue weighted by atomic mass is 79.9. The van der Waals surface area contributed by atoms with Crippen molar-refractivity contribution < 1.29 is 9.59 Å². The molecule has 0 unspecified atom stereocenters. The molecule has 4 nitrogen and oxygen atoms in total. The summed E-state index contributed by atoms with van der Waals surface area (Å²) >= 11 is 3.45. The van der Waals surface area contributed by atoms with Gasteiger partial charge in [0.15, 0.2) is 0 Å². The topological polar surface area (TPSA) is 49.4 Å². The average Bonchev–Trinajstić information content (AvgIpc) is 2.71. The lowest BCUT2D eigenvalue weighted by atomic mass is 10.0. The Morgan fingerprint density at radius 3 is 2.24 bits per heavy atom. The highest BCUT2D eigenvalue weighted by molar-refractivity contribution is 9.10. The van der Waals surface area contributed by atoms with Gasteiger partial charge in [-0.2, -0.15) is 0 Å². The van der Waals surface area contributed by atoms with Gasteiger partial charge < -0.3 is 10.2 Å². The van der Waals surface area contributed by atoms with E-state index in [-0.39, 0.29) is 11.8 Å². The van der Waals surface area contributed by atoms with Crippen LogP contribution in [0.5, 0.6) is 0 Å². The van der Waals surface area contributed by atoms with Crippen LogP contribution in [0.4, 0.5) is 0 Å². The van der Waals surface area contributed by atoms with Crippen molar-refractivity contribution in [3.05, 3.63) is 70.2 Å². The first-order chi connectivity index (χ1) is 13.9. The number of hydrogen-bond donors (Lipinski definition) is 1. The first kappa shape index (κ1) is 23.1. The molecule has 2 rings (SSSR count). The van der Waals surface area contributed by atoms with Gasteiger partial charge in [-0.3, -0.25) is 9.59 Å². The fourth-order valence-corrected chi connectivity index (χ4v) is 3.38. The molecule has 0 saturated carbocycles. The van der Waals surface area contributed by atoms with Gasteiger partial charge >= 0.3 is 0 Å². The van der Waals surface area contributed by atoms with E-state index in [0.717, 1.165) is 22.0 Å². The third-order valence-corrected chi connectivity index (χ3v) is 5.21. The molecular formula is C24H31BrN2O2. The number of carbonyl (C=O) groups excluding carboxylic acids is 2. The Balaban J connectivity index is 2.33. The molecule has 0 aliphatic rings. The molecule has 0 spiro atoms. The highest BCUT2D eigenvalue weighted by Gasteiger charge is 2.29. The molecule has 0 aliphatic carbocycles. The Bertz CT molecular complexity index is 775. The van der Waals surface area contributed by atoms with E-state index in [1.54, 1.807) is 4.90 Å². The summed E-state index contributed by atoms with van der Waals surface area (Å²) in [4.78, 5) is 27.9. The molecule has 1 N–H and O–H groups in total. The van der Waals surface area contributed by atoms with E-state index in [1.807, 2.05) is 61.5 Å². The fraction of sp³-hybridized carbons (Fsp3) is 0.417. The van der Waals surface area contributed by atoms with E-state index >= 15 is 0 Å². The molecule has 0 fully saturated rings. The quantitative estimate of drug-likeness (QED) is 0.546. The number of benzene rings is 2. The number of rotatable bonds is 10. The Morgan fingerprint density at radius 2 is 1.66 bits per heavy atom. The number of amides is 2. The van der Waals surface area contributed by atoms with Gasteiger partial charge in [0, 0.05) is 30.4 Å². The minimum absolute atomic E-state index is 0.0102. The largest absolute Gasteiger partial charge is 0.354 e. The van der Waals surface area contributed by atoms with Crippen LogP contribution < -0.4 is 5.32 Å². The molecule has 2 aromatic rings. The predicted molar refractivity (Wildman–Crippen MR) is 121 cm³/mol. The van der Waals surface area contributed by atoms with Crippen LogP contribution in [0.15, 0.2) is 59.1 Å². The van der Waals surface area contributed by atoms with E-state index in [9.17, 15) is 9.59 Å². The molecule has 0 heterocycles. The molecule has 156 valence electrons. The maximum Gasteiger partial charge on any atom is 0.243 e. The molecule has 29 heavy (non-hydrogen) atoms. The number of halogens is 1. The number of nitrogens with zero attached hydrogens (tertiary/aromatic N) is 1. The van der Waals surface area contributed by atoms with Crippen LogP contribution in [-0.4, -0.2) is 29.3 Å². The summed E-state index contributed by atoms with van der Waals surface area (Å²) < 4.78 is 0.989. The van der Waals surface area contributed by atoms with E-state index in [1.165, 1.54) is 0 Å². The minimum Gasteiger partial charge on any atom is -0.354 e. The van der Waals surface area contributed by atoms with Crippen LogP contribution in [-0.2, 0) is 22.6 Å². The first-order valence-corrected chi connectivity index (χ1v) is 11.1. The van der Waals surface area contributed by atoms with Crippen molar-refractivity contribution in [2.45, 2.75) is 52.6 Å². The van der Waals surface area contributed by atoms with Crippen molar-refractivity contribution in [2.24, 2.45) is 5.92 Å². The van der Waals surface area contributed by atoms with Gasteiger partial charge in [0.05, 0.1) is 0 Å². The summed E-state index contributed by atoms with van der Waals surface area (Å²) in [6.07, 6.45) is 1.68. The van der Waals surface area contributed by atoms with Gasteiger partial charge in [-0.25, -0.2) is 0 Å². The summed E-state index contributed by atoms with van der Waals surface area (Å²) in [7, 11) is 0. The second-order valence-electron chi connectivity index (χ2n) is 7.74. The van der Waals surface area contributed by atoms with Gasteiger partial charge in [-0.15, -0.1) is 0 Å². The summed E-state index contributed by atoms with van der Waals surface area (Å²) in [5.41, 5.74) is 2.05. The standard InChI is InChI=1S/C24H31BrN2O2/c1-4-8-23(28)27(17-20-11-13-21(25)14-12-20)22(24(29)26-16-18(2)3)15-19-9-6-5-7-10-19/h5-7,9-14,18,22H,4,8,15-17H2,1-3H3,(H,26,29)/t22-/m0/s1. The molecule has 5 heteroatoms. The van der Waals surface area contributed by atoms with Gasteiger partial charge in [0.2, 0.25) is 11.8 Å². The average molecular weight is 459 g/mol. The molecule has 0 aliphatic heterocycles. The molecular weight excluding hydrogens is 428 g/mol. The lowest BCUT2D eigenvalue weighted by Crippen LogP contribution is -2.51.